The Hall–Kier alpha value is -3.28. The Morgan fingerprint density at radius 3 is 2.35 bits per heavy atom. The van der Waals surface area contributed by atoms with Gasteiger partial charge in [0.25, 0.3) is 5.91 Å². The van der Waals surface area contributed by atoms with Gasteiger partial charge in [-0.1, -0.05) is 30.3 Å². The van der Waals surface area contributed by atoms with Crippen molar-refractivity contribution in [1.82, 2.24) is 10.2 Å². The zero-order valence-electron chi connectivity index (χ0n) is 14.3. The van der Waals surface area contributed by atoms with Crippen molar-refractivity contribution >= 4 is 11.8 Å². The molecule has 1 N–H and O–H groups in total. The number of nitrogens with zero attached hydrogens (tertiary/aromatic N) is 1. The summed E-state index contributed by atoms with van der Waals surface area (Å²) < 4.78 is 10.4. The van der Waals surface area contributed by atoms with Crippen molar-refractivity contribution in [3.8, 4) is 0 Å². The number of amides is 2. The minimum Gasteiger partial charge on any atom is -0.467 e. The van der Waals surface area contributed by atoms with Gasteiger partial charge in [-0.15, -0.1) is 0 Å². The quantitative estimate of drug-likeness (QED) is 0.675. The molecule has 0 spiro atoms. The second-order valence-corrected chi connectivity index (χ2v) is 5.80. The number of carbonyl (C=O) groups is 2. The minimum absolute atomic E-state index is 0.0648. The van der Waals surface area contributed by atoms with E-state index < -0.39 is 0 Å². The highest BCUT2D eigenvalue weighted by molar-refractivity contribution is 5.91. The van der Waals surface area contributed by atoms with Crippen molar-refractivity contribution in [2.24, 2.45) is 0 Å². The molecule has 6 nitrogen and oxygen atoms in total. The van der Waals surface area contributed by atoms with Gasteiger partial charge in [-0.3, -0.25) is 9.59 Å². The fourth-order valence-electron chi connectivity index (χ4n) is 2.56. The third-order valence-corrected chi connectivity index (χ3v) is 3.87. The Kier molecular flexibility index (Phi) is 5.88. The third kappa shape index (κ3) is 4.86. The summed E-state index contributed by atoms with van der Waals surface area (Å²) in [6.45, 7) is 1.10. The van der Waals surface area contributed by atoms with Crippen LogP contribution in [-0.4, -0.2) is 23.3 Å². The summed E-state index contributed by atoms with van der Waals surface area (Å²) in [5.41, 5.74) is 1.03. The molecule has 6 heteroatoms. The molecule has 3 rings (SSSR count). The second-order valence-electron chi connectivity index (χ2n) is 5.80. The van der Waals surface area contributed by atoms with E-state index in [-0.39, 0.29) is 30.5 Å². The summed E-state index contributed by atoms with van der Waals surface area (Å²) in [7, 11) is 0. The van der Waals surface area contributed by atoms with E-state index >= 15 is 0 Å². The van der Waals surface area contributed by atoms with Crippen LogP contribution in [0.4, 0.5) is 0 Å². The van der Waals surface area contributed by atoms with E-state index in [9.17, 15) is 9.59 Å². The minimum atomic E-state index is -0.330. The van der Waals surface area contributed by atoms with Crippen molar-refractivity contribution in [2.75, 3.05) is 6.54 Å². The van der Waals surface area contributed by atoms with E-state index in [1.54, 1.807) is 29.4 Å². The average molecular weight is 352 g/mol. The third-order valence-electron chi connectivity index (χ3n) is 3.87. The van der Waals surface area contributed by atoms with Crippen LogP contribution >= 0.6 is 0 Å². The largest absolute Gasteiger partial charge is 0.467 e. The summed E-state index contributed by atoms with van der Waals surface area (Å²) >= 11 is 0. The normalized spacial score (nSPS) is 10.5. The smallest absolute Gasteiger partial charge is 0.286 e. The predicted octanol–water partition coefficient (Wildman–Crippen LogP) is 3.22. The summed E-state index contributed by atoms with van der Waals surface area (Å²) in [4.78, 5) is 26.2. The van der Waals surface area contributed by atoms with E-state index in [0.717, 1.165) is 5.56 Å². The molecule has 2 heterocycles. The molecule has 0 radical (unpaired) electrons. The molecule has 3 aromatic rings. The maximum atomic E-state index is 12.7. The molecule has 0 atom stereocenters. The molecule has 0 unspecified atom stereocenters. The first-order valence-corrected chi connectivity index (χ1v) is 8.38. The van der Waals surface area contributed by atoms with Gasteiger partial charge in [0.05, 0.1) is 19.1 Å². The number of hydrogen-bond acceptors (Lipinski definition) is 4. The van der Waals surface area contributed by atoms with Gasteiger partial charge in [0, 0.05) is 19.5 Å². The van der Waals surface area contributed by atoms with E-state index in [0.29, 0.717) is 18.8 Å². The molecule has 0 fully saturated rings. The zero-order chi connectivity index (χ0) is 18.2. The molecule has 134 valence electrons. The molecule has 26 heavy (non-hydrogen) atoms. The second kappa shape index (κ2) is 8.71. The van der Waals surface area contributed by atoms with Crippen LogP contribution < -0.4 is 5.32 Å². The lowest BCUT2D eigenvalue weighted by atomic mass is 10.2. The molecule has 0 aliphatic heterocycles. The number of benzene rings is 1. The molecule has 0 aliphatic carbocycles. The van der Waals surface area contributed by atoms with E-state index in [1.807, 2.05) is 36.4 Å². The topological polar surface area (TPSA) is 75.7 Å². The lowest BCUT2D eigenvalue weighted by molar-refractivity contribution is -0.132. The number of nitrogens with one attached hydrogen (secondary N) is 1. The van der Waals surface area contributed by atoms with E-state index in [1.165, 1.54) is 6.26 Å². The van der Waals surface area contributed by atoms with Gasteiger partial charge in [0.2, 0.25) is 5.91 Å². The molecule has 2 amide bonds. The van der Waals surface area contributed by atoms with Crippen LogP contribution in [0.25, 0.3) is 0 Å². The fraction of sp³-hybridized carbons (Fsp3) is 0.200. The monoisotopic (exact) mass is 352 g/mol. The molecule has 2 aromatic heterocycles. The Bertz CT molecular complexity index is 811. The first-order chi connectivity index (χ1) is 12.7. The number of hydrogen-bond donors (Lipinski definition) is 1. The highest BCUT2D eigenvalue weighted by atomic mass is 16.3. The molecular formula is C20H20N2O4. The van der Waals surface area contributed by atoms with Gasteiger partial charge < -0.3 is 19.1 Å². The molecule has 0 aliphatic rings. The molecule has 0 bridgehead atoms. The average Bonchev–Trinajstić information content (AvgIpc) is 3.36. The summed E-state index contributed by atoms with van der Waals surface area (Å²) in [6.07, 6.45) is 3.22. The number of furan rings is 2. The van der Waals surface area contributed by atoms with Crippen LogP contribution in [0.5, 0.6) is 0 Å². The van der Waals surface area contributed by atoms with Crippen LogP contribution in [0, 0.1) is 0 Å². The van der Waals surface area contributed by atoms with Gasteiger partial charge >= 0.3 is 0 Å². The van der Waals surface area contributed by atoms with Crippen LogP contribution in [-0.2, 0) is 17.9 Å². The van der Waals surface area contributed by atoms with Crippen molar-refractivity contribution in [3.63, 3.8) is 0 Å². The maximum Gasteiger partial charge on any atom is 0.286 e. The number of rotatable bonds is 8. The first-order valence-electron chi connectivity index (χ1n) is 8.38. The summed E-state index contributed by atoms with van der Waals surface area (Å²) in [5.74, 6) is 0.552. The Balaban J connectivity index is 1.57. The number of carbonyl (C=O) groups excluding carboxylic acids is 2. The van der Waals surface area contributed by atoms with Crippen molar-refractivity contribution in [1.29, 1.82) is 0 Å². The lowest BCUT2D eigenvalue weighted by Gasteiger charge is -2.22. The maximum absolute atomic E-state index is 12.7. The van der Waals surface area contributed by atoms with Crippen LogP contribution in [0.3, 0.4) is 0 Å². The van der Waals surface area contributed by atoms with Gasteiger partial charge in [-0.2, -0.15) is 0 Å². The molecular weight excluding hydrogens is 332 g/mol. The molecule has 1 aromatic carbocycles. The van der Waals surface area contributed by atoms with Crippen LogP contribution in [0.2, 0.25) is 0 Å². The molecule has 0 saturated carbocycles. The lowest BCUT2D eigenvalue weighted by Crippen LogP contribution is -2.33. The van der Waals surface area contributed by atoms with Gasteiger partial charge in [-0.05, 0) is 29.8 Å². The summed E-state index contributed by atoms with van der Waals surface area (Å²) in [6, 6.07) is 16.6. The van der Waals surface area contributed by atoms with E-state index in [4.69, 9.17) is 8.83 Å². The Labute approximate surface area is 151 Å². The highest BCUT2D eigenvalue weighted by Gasteiger charge is 2.16. The Morgan fingerprint density at radius 1 is 0.885 bits per heavy atom. The SMILES string of the molecule is O=C(NCCC(=O)N(Cc1ccccc1)Cc1ccco1)c1ccco1. The Morgan fingerprint density at radius 2 is 1.65 bits per heavy atom. The molecule has 0 saturated heterocycles. The fourth-order valence-corrected chi connectivity index (χ4v) is 2.56. The van der Waals surface area contributed by atoms with Gasteiger partial charge in [0.1, 0.15) is 5.76 Å². The van der Waals surface area contributed by atoms with Gasteiger partial charge in [0.15, 0.2) is 5.76 Å². The summed E-state index contributed by atoms with van der Waals surface area (Å²) in [5, 5.41) is 2.69. The highest BCUT2D eigenvalue weighted by Crippen LogP contribution is 2.12. The predicted molar refractivity (Wildman–Crippen MR) is 95.1 cm³/mol. The zero-order valence-corrected chi connectivity index (χ0v) is 14.3. The van der Waals surface area contributed by atoms with E-state index in [2.05, 4.69) is 5.32 Å². The van der Waals surface area contributed by atoms with Gasteiger partial charge in [-0.25, -0.2) is 0 Å². The van der Waals surface area contributed by atoms with Crippen molar-refractivity contribution in [2.45, 2.75) is 19.5 Å². The van der Waals surface area contributed by atoms with Crippen molar-refractivity contribution < 1.29 is 18.4 Å². The standard InChI is InChI=1S/C20H20N2O4/c23-19(10-11-21-20(24)18-9-5-13-26-18)22(15-17-8-4-12-25-17)14-16-6-2-1-3-7-16/h1-9,12-13H,10-11,14-15H2,(H,21,24). The van der Waals surface area contributed by atoms with Crippen LogP contribution in [0.15, 0.2) is 76.0 Å². The van der Waals surface area contributed by atoms with Crippen LogP contribution in [0.1, 0.15) is 28.3 Å². The van der Waals surface area contributed by atoms with Crippen molar-refractivity contribution in [3.05, 3.63) is 84.2 Å². The first kappa shape index (κ1) is 17.5.